The Balaban J connectivity index is 2.16. The van der Waals surface area contributed by atoms with Crippen molar-refractivity contribution in [2.75, 3.05) is 13.1 Å². The molecule has 1 aromatic rings. The number of β-amino-alcohol motifs (C(OH)–C–C–N with tert-alkyl or cyclic N) is 1. The van der Waals surface area contributed by atoms with Gasteiger partial charge in [0, 0.05) is 19.6 Å². The highest BCUT2D eigenvalue weighted by Gasteiger charge is 2.31. The third-order valence-corrected chi connectivity index (χ3v) is 3.62. The standard InChI is InChI=1S/C16H24N2O2/c1-12(2)8-15-16(20)17-9-14(19)11-18(15)10-13-6-4-3-5-7-13/h3-7,12,14-15,19H,8-11H2,1-2H3,(H,17,20)/t14-,15-/m0/s1. The predicted octanol–water partition coefficient (Wildman–Crippen LogP) is 1.39. The van der Waals surface area contributed by atoms with Crippen LogP contribution in [0, 0.1) is 5.92 Å². The molecule has 1 amide bonds. The third-order valence-electron chi connectivity index (χ3n) is 3.62. The molecule has 0 saturated carbocycles. The minimum Gasteiger partial charge on any atom is -0.390 e. The minimum atomic E-state index is -0.500. The van der Waals surface area contributed by atoms with Gasteiger partial charge in [-0.05, 0) is 17.9 Å². The highest BCUT2D eigenvalue weighted by Crippen LogP contribution is 2.17. The fourth-order valence-corrected chi connectivity index (χ4v) is 2.66. The van der Waals surface area contributed by atoms with Gasteiger partial charge in [0.1, 0.15) is 0 Å². The van der Waals surface area contributed by atoms with E-state index in [1.165, 1.54) is 5.56 Å². The summed E-state index contributed by atoms with van der Waals surface area (Å²) in [5.41, 5.74) is 1.17. The Hall–Kier alpha value is -1.39. The molecule has 0 aliphatic carbocycles. The lowest BCUT2D eigenvalue weighted by Gasteiger charge is -2.30. The maximum Gasteiger partial charge on any atom is 0.237 e. The molecule has 2 N–H and O–H groups in total. The number of carbonyl (C=O) groups excluding carboxylic acids is 1. The van der Waals surface area contributed by atoms with Crippen molar-refractivity contribution >= 4 is 5.91 Å². The van der Waals surface area contributed by atoms with Crippen molar-refractivity contribution in [3.05, 3.63) is 35.9 Å². The van der Waals surface area contributed by atoms with Crippen LogP contribution >= 0.6 is 0 Å². The number of rotatable bonds is 4. The molecule has 1 aliphatic heterocycles. The molecule has 0 spiro atoms. The van der Waals surface area contributed by atoms with Crippen molar-refractivity contribution in [3.8, 4) is 0 Å². The second-order valence-electron chi connectivity index (χ2n) is 5.96. The van der Waals surface area contributed by atoms with Crippen LogP contribution < -0.4 is 5.32 Å². The highest BCUT2D eigenvalue weighted by molar-refractivity contribution is 5.82. The summed E-state index contributed by atoms with van der Waals surface area (Å²) >= 11 is 0. The molecule has 0 radical (unpaired) electrons. The van der Waals surface area contributed by atoms with E-state index in [4.69, 9.17) is 0 Å². The summed E-state index contributed by atoms with van der Waals surface area (Å²) in [5.74, 6) is 0.477. The van der Waals surface area contributed by atoms with Gasteiger partial charge in [0.2, 0.25) is 5.91 Å². The minimum absolute atomic E-state index is 0.0335. The van der Waals surface area contributed by atoms with Gasteiger partial charge in [-0.3, -0.25) is 9.69 Å². The summed E-state index contributed by atoms with van der Waals surface area (Å²) < 4.78 is 0. The molecule has 1 heterocycles. The van der Waals surface area contributed by atoms with Crippen LogP contribution in [-0.4, -0.2) is 41.1 Å². The molecule has 1 fully saturated rings. The lowest BCUT2D eigenvalue weighted by atomic mass is 10.0. The van der Waals surface area contributed by atoms with Crippen molar-refractivity contribution in [2.24, 2.45) is 5.92 Å². The van der Waals surface area contributed by atoms with E-state index < -0.39 is 6.10 Å². The maximum atomic E-state index is 12.2. The average molecular weight is 276 g/mol. The fraction of sp³-hybridized carbons (Fsp3) is 0.562. The fourth-order valence-electron chi connectivity index (χ4n) is 2.66. The molecular formula is C16H24N2O2. The van der Waals surface area contributed by atoms with Gasteiger partial charge in [-0.25, -0.2) is 0 Å². The zero-order chi connectivity index (χ0) is 14.5. The van der Waals surface area contributed by atoms with Crippen LogP contribution in [0.4, 0.5) is 0 Å². The van der Waals surface area contributed by atoms with Gasteiger partial charge in [0.05, 0.1) is 12.1 Å². The van der Waals surface area contributed by atoms with Crippen molar-refractivity contribution < 1.29 is 9.90 Å². The second-order valence-corrected chi connectivity index (χ2v) is 5.96. The molecule has 4 nitrogen and oxygen atoms in total. The number of amides is 1. The van der Waals surface area contributed by atoms with E-state index >= 15 is 0 Å². The van der Waals surface area contributed by atoms with Crippen LogP contribution in [0.5, 0.6) is 0 Å². The molecule has 1 saturated heterocycles. The van der Waals surface area contributed by atoms with E-state index in [0.717, 1.165) is 6.42 Å². The first kappa shape index (κ1) is 15.0. The Bertz CT molecular complexity index is 433. The Labute approximate surface area is 120 Å². The second kappa shape index (κ2) is 6.86. The number of aliphatic hydroxyl groups excluding tert-OH is 1. The molecule has 0 unspecified atom stereocenters. The summed E-state index contributed by atoms with van der Waals surface area (Å²) in [6.07, 6.45) is 0.311. The lowest BCUT2D eigenvalue weighted by molar-refractivity contribution is -0.126. The monoisotopic (exact) mass is 276 g/mol. The zero-order valence-corrected chi connectivity index (χ0v) is 12.2. The van der Waals surface area contributed by atoms with Crippen LogP contribution in [0.3, 0.4) is 0 Å². The van der Waals surface area contributed by atoms with Crippen molar-refractivity contribution in [3.63, 3.8) is 0 Å². The number of hydrogen-bond donors (Lipinski definition) is 2. The first-order valence-corrected chi connectivity index (χ1v) is 7.30. The van der Waals surface area contributed by atoms with Gasteiger partial charge in [-0.2, -0.15) is 0 Å². The zero-order valence-electron chi connectivity index (χ0n) is 12.2. The van der Waals surface area contributed by atoms with Gasteiger partial charge in [-0.15, -0.1) is 0 Å². The summed E-state index contributed by atoms with van der Waals surface area (Å²) in [6, 6.07) is 9.94. The van der Waals surface area contributed by atoms with Gasteiger partial charge >= 0.3 is 0 Å². The van der Waals surface area contributed by atoms with Crippen LogP contribution in [0.2, 0.25) is 0 Å². The van der Waals surface area contributed by atoms with Gasteiger partial charge in [0.15, 0.2) is 0 Å². The molecule has 110 valence electrons. The van der Waals surface area contributed by atoms with E-state index in [9.17, 15) is 9.90 Å². The molecule has 0 bridgehead atoms. The van der Waals surface area contributed by atoms with Gasteiger partial charge in [-0.1, -0.05) is 44.2 Å². The lowest BCUT2D eigenvalue weighted by Crippen LogP contribution is -2.44. The molecule has 1 aromatic carbocycles. The van der Waals surface area contributed by atoms with Crippen molar-refractivity contribution in [1.29, 1.82) is 0 Å². The van der Waals surface area contributed by atoms with Crippen LogP contribution in [0.15, 0.2) is 30.3 Å². The summed E-state index contributed by atoms with van der Waals surface area (Å²) in [5, 5.41) is 12.8. The summed E-state index contributed by atoms with van der Waals surface area (Å²) in [4.78, 5) is 14.3. The largest absolute Gasteiger partial charge is 0.390 e. The number of nitrogens with zero attached hydrogens (tertiary/aromatic N) is 1. The number of benzene rings is 1. The quantitative estimate of drug-likeness (QED) is 0.874. The average Bonchev–Trinajstić information content (AvgIpc) is 2.53. The van der Waals surface area contributed by atoms with Crippen LogP contribution in [-0.2, 0) is 11.3 Å². The number of aliphatic hydroxyl groups is 1. The Morgan fingerprint density at radius 2 is 2.05 bits per heavy atom. The van der Waals surface area contributed by atoms with Crippen molar-refractivity contribution in [1.82, 2.24) is 10.2 Å². The molecule has 1 aliphatic rings. The van der Waals surface area contributed by atoms with Crippen molar-refractivity contribution in [2.45, 2.75) is 39.0 Å². The highest BCUT2D eigenvalue weighted by atomic mass is 16.3. The number of hydrogen-bond acceptors (Lipinski definition) is 3. The van der Waals surface area contributed by atoms with Gasteiger partial charge in [0.25, 0.3) is 0 Å². The molecule has 20 heavy (non-hydrogen) atoms. The normalized spacial score (nSPS) is 24.5. The summed E-state index contributed by atoms with van der Waals surface area (Å²) in [6.45, 7) is 5.82. The Morgan fingerprint density at radius 1 is 1.35 bits per heavy atom. The van der Waals surface area contributed by atoms with E-state index in [1.807, 2.05) is 18.2 Å². The van der Waals surface area contributed by atoms with Crippen LogP contribution in [0.1, 0.15) is 25.8 Å². The van der Waals surface area contributed by atoms with Crippen LogP contribution in [0.25, 0.3) is 0 Å². The maximum absolute atomic E-state index is 12.2. The molecule has 2 rings (SSSR count). The van der Waals surface area contributed by atoms with E-state index in [0.29, 0.717) is 25.6 Å². The molecule has 0 aromatic heterocycles. The third kappa shape index (κ3) is 4.05. The smallest absolute Gasteiger partial charge is 0.237 e. The van der Waals surface area contributed by atoms with E-state index in [1.54, 1.807) is 0 Å². The number of nitrogens with one attached hydrogen (secondary N) is 1. The molecule has 2 atom stereocenters. The first-order chi connectivity index (χ1) is 9.56. The van der Waals surface area contributed by atoms with E-state index in [2.05, 4.69) is 36.2 Å². The summed E-state index contributed by atoms with van der Waals surface area (Å²) in [7, 11) is 0. The Kier molecular flexibility index (Phi) is 5.15. The molecule has 4 heteroatoms. The first-order valence-electron chi connectivity index (χ1n) is 7.30. The SMILES string of the molecule is CC(C)C[C@H]1C(=O)NC[C@H](O)CN1Cc1ccccc1. The molecular weight excluding hydrogens is 252 g/mol. The van der Waals surface area contributed by atoms with E-state index in [-0.39, 0.29) is 11.9 Å². The number of carbonyl (C=O) groups is 1. The van der Waals surface area contributed by atoms with Gasteiger partial charge < -0.3 is 10.4 Å². The predicted molar refractivity (Wildman–Crippen MR) is 79.1 cm³/mol. The topological polar surface area (TPSA) is 52.6 Å². The Morgan fingerprint density at radius 3 is 2.70 bits per heavy atom.